The molecule has 0 aliphatic rings. The highest BCUT2D eigenvalue weighted by molar-refractivity contribution is 7.98. The molecule has 1 unspecified atom stereocenters. The van der Waals surface area contributed by atoms with Crippen LogP contribution in [-0.2, 0) is 0 Å². The quantitative estimate of drug-likeness (QED) is 0.881. The van der Waals surface area contributed by atoms with E-state index in [9.17, 15) is 0 Å². The van der Waals surface area contributed by atoms with Crippen molar-refractivity contribution in [3.8, 4) is 5.75 Å². The molecule has 104 valence electrons. The van der Waals surface area contributed by atoms with Crippen molar-refractivity contribution in [1.82, 2.24) is 9.55 Å². The molecule has 2 N–H and O–H groups in total. The molecule has 19 heavy (non-hydrogen) atoms. The fourth-order valence-electron chi connectivity index (χ4n) is 2.22. The van der Waals surface area contributed by atoms with Gasteiger partial charge in [0, 0.05) is 11.8 Å². The molecular weight excluding hydrogens is 258 g/mol. The van der Waals surface area contributed by atoms with Gasteiger partial charge in [-0.2, -0.15) is 11.8 Å². The molecule has 5 heteroatoms. The van der Waals surface area contributed by atoms with Crippen LogP contribution in [0.15, 0.2) is 18.2 Å². The fraction of sp³-hybridized carbons (Fsp3) is 0.500. The first-order valence-corrected chi connectivity index (χ1v) is 7.96. The average Bonchev–Trinajstić information content (AvgIpc) is 2.73. The minimum Gasteiger partial charge on any atom is -0.491 e. The van der Waals surface area contributed by atoms with Gasteiger partial charge in [0.25, 0.3) is 0 Å². The molecule has 1 atom stereocenters. The maximum absolute atomic E-state index is 6.07. The van der Waals surface area contributed by atoms with Crippen molar-refractivity contribution in [1.29, 1.82) is 0 Å². The first-order chi connectivity index (χ1) is 9.19. The number of thioether (sulfide) groups is 1. The number of anilines is 1. The van der Waals surface area contributed by atoms with Crippen LogP contribution >= 0.6 is 11.8 Å². The Morgan fingerprint density at radius 1 is 1.47 bits per heavy atom. The van der Waals surface area contributed by atoms with Gasteiger partial charge in [-0.15, -0.1) is 0 Å². The van der Waals surface area contributed by atoms with E-state index in [-0.39, 0.29) is 0 Å². The van der Waals surface area contributed by atoms with Crippen LogP contribution in [-0.4, -0.2) is 28.2 Å². The maximum atomic E-state index is 6.07. The Bertz CT molecular complexity index is 553. The first kappa shape index (κ1) is 14.1. The number of ether oxygens (including phenoxy) is 1. The summed E-state index contributed by atoms with van der Waals surface area (Å²) >= 11 is 1.81. The Morgan fingerprint density at radius 3 is 2.95 bits per heavy atom. The molecule has 0 aliphatic carbocycles. The maximum Gasteiger partial charge on any atom is 0.201 e. The summed E-state index contributed by atoms with van der Waals surface area (Å²) in [6, 6.07) is 6.32. The summed E-state index contributed by atoms with van der Waals surface area (Å²) in [6.07, 6.45) is 3.08. The van der Waals surface area contributed by atoms with Crippen LogP contribution < -0.4 is 10.5 Å². The average molecular weight is 279 g/mol. The summed E-state index contributed by atoms with van der Waals surface area (Å²) in [5.74, 6) is 2.39. The molecule has 1 aromatic carbocycles. The smallest absolute Gasteiger partial charge is 0.201 e. The summed E-state index contributed by atoms with van der Waals surface area (Å²) < 4.78 is 7.83. The molecule has 1 heterocycles. The van der Waals surface area contributed by atoms with E-state index in [1.807, 2.05) is 30.0 Å². The van der Waals surface area contributed by atoms with Gasteiger partial charge < -0.3 is 15.0 Å². The Balaban J connectivity index is 2.46. The lowest BCUT2D eigenvalue weighted by molar-refractivity contribution is 0.320. The van der Waals surface area contributed by atoms with Gasteiger partial charge in [-0.3, -0.25) is 0 Å². The molecule has 0 amide bonds. The third-order valence-corrected chi connectivity index (χ3v) is 3.84. The summed E-state index contributed by atoms with van der Waals surface area (Å²) in [7, 11) is 0. The zero-order valence-electron chi connectivity index (χ0n) is 11.7. The lowest BCUT2D eigenvalue weighted by atomic mass is 10.2. The molecule has 0 aliphatic heterocycles. The molecule has 0 saturated heterocycles. The number of rotatable bonds is 6. The molecule has 0 bridgehead atoms. The predicted molar refractivity (Wildman–Crippen MR) is 83.0 cm³/mol. The van der Waals surface area contributed by atoms with Gasteiger partial charge in [0.05, 0.1) is 12.1 Å². The molecule has 0 fully saturated rings. The van der Waals surface area contributed by atoms with E-state index in [2.05, 4.69) is 29.7 Å². The van der Waals surface area contributed by atoms with E-state index < -0.39 is 0 Å². The third kappa shape index (κ3) is 2.81. The lowest BCUT2D eigenvalue weighted by Gasteiger charge is -2.14. The summed E-state index contributed by atoms with van der Waals surface area (Å²) in [6.45, 7) is 4.95. The van der Waals surface area contributed by atoms with Crippen LogP contribution in [0.1, 0.15) is 26.3 Å². The molecule has 0 radical (unpaired) electrons. The van der Waals surface area contributed by atoms with E-state index in [1.165, 1.54) is 0 Å². The summed E-state index contributed by atoms with van der Waals surface area (Å²) in [4.78, 5) is 4.48. The van der Waals surface area contributed by atoms with Crippen molar-refractivity contribution in [2.45, 2.75) is 26.3 Å². The number of hydrogen-bond donors (Lipinski definition) is 1. The first-order valence-electron chi connectivity index (χ1n) is 6.57. The van der Waals surface area contributed by atoms with E-state index in [1.54, 1.807) is 0 Å². The van der Waals surface area contributed by atoms with Crippen LogP contribution in [0.4, 0.5) is 5.95 Å². The highest BCUT2D eigenvalue weighted by atomic mass is 32.2. The second-order valence-electron chi connectivity index (χ2n) is 4.62. The Hall–Kier alpha value is -1.36. The van der Waals surface area contributed by atoms with Gasteiger partial charge in [0.15, 0.2) is 0 Å². The zero-order chi connectivity index (χ0) is 13.8. The van der Waals surface area contributed by atoms with E-state index >= 15 is 0 Å². The molecule has 2 rings (SSSR count). The van der Waals surface area contributed by atoms with Crippen molar-refractivity contribution in [2.24, 2.45) is 0 Å². The van der Waals surface area contributed by atoms with Crippen molar-refractivity contribution >= 4 is 28.7 Å². The van der Waals surface area contributed by atoms with Gasteiger partial charge >= 0.3 is 0 Å². The van der Waals surface area contributed by atoms with Crippen LogP contribution in [0.5, 0.6) is 5.75 Å². The molecule has 0 saturated carbocycles. The molecule has 4 nitrogen and oxygen atoms in total. The van der Waals surface area contributed by atoms with Gasteiger partial charge in [0.2, 0.25) is 5.95 Å². The molecule has 1 aromatic heterocycles. The van der Waals surface area contributed by atoms with Gasteiger partial charge in [-0.05, 0) is 31.7 Å². The Labute approximate surface area is 118 Å². The number of nitrogens with zero attached hydrogens (tertiary/aromatic N) is 2. The van der Waals surface area contributed by atoms with E-state index in [0.29, 0.717) is 18.6 Å². The van der Waals surface area contributed by atoms with Crippen LogP contribution in [0.3, 0.4) is 0 Å². The number of nitrogen functional groups attached to an aromatic ring is 1. The topological polar surface area (TPSA) is 53.1 Å². The zero-order valence-corrected chi connectivity index (χ0v) is 12.5. The second-order valence-corrected chi connectivity index (χ2v) is 5.53. The number of benzene rings is 1. The molecule has 2 aromatic rings. The van der Waals surface area contributed by atoms with E-state index in [0.717, 1.165) is 29.0 Å². The minimum absolute atomic E-state index is 0.321. The van der Waals surface area contributed by atoms with Crippen LogP contribution in [0.2, 0.25) is 0 Å². The van der Waals surface area contributed by atoms with Crippen molar-refractivity contribution in [2.75, 3.05) is 24.3 Å². The number of imidazole rings is 1. The highest BCUT2D eigenvalue weighted by Gasteiger charge is 2.16. The standard InChI is InChI=1S/C14H21N3OS/c1-4-8-18-12-7-5-6-11-13(12)16-14(15)17(11)10(2)9-19-3/h5-7,10H,4,8-9H2,1-3H3,(H2,15,16). The number of hydrogen-bond acceptors (Lipinski definition) is 4. The number of para-hydroxylation sites is 1. The monoisotopic (exact) mass is 279 g/mol. The van der Waals surface area contributed by atoms with E-state index in [4.69, 9.17) is 10.5 Å². The second kappa shape index (κ2) is 6.19. The summed E-state index contributed by atoms with van der Waals surface area (Å²) in [5, 5.41) is 0. The minimum atomic E-state index is 0.321. The largest absolute Gasteiger partial charge is 0.491 e. The van der Waals surface area contributed by atoms with Crippen LogP contribution in [0, 0.1) is 0 Å². The van der Waals surface area contributed by atoms with Crippen molar-refractivity contribution in [3.05, 3.63) is 18.2 Å². The van der Waals surface area contributed by atoms with Crippen LogP contribution in [0.25, 0.3) is 11.0 Å². The Morgan fingerprint density at radius 2 is 2.26 bits per heavy atom. The predicted octanol–water partition coefficient (Wildman–Crippen LogP) is 3.33. The molecular formula is C14H21N3OS. The Kier molecular flexibility index (Phi) is 4.58. The number of aromatic nitrogens is 2. The normalized spacial score (nSPS) is 12.8. The fourth-order valence-corrected chi connectivity index (χ4v) is 2.85. The number of fused-ring (bicyclic) bond motifs is 1. The third-order valence-electron chi connectivity index (χ3n) is 3.02. The van der Waals surface area contributed by atoms with Gasteiger partial charge in [0.1, 0.15) is 11.3 Å². The highest BCUT2D eigenvalue weighted by Crippen LogP contribution is 2.30. The van der Waals surface area contributed by atoms with Gasteiger partial charge in [-0.1, -0.05) is 13.0 Å². The van der Waals surface area contributed by atoms with Crippen molar-refractivity contribution in [3.63, 3.8) is 0 Å². The number of nitrogens with two attached hydrogens (primary N) is 1. The molecule has 0 spiro atoms. The van der Waals surface area contributed by atoms with Gasteiger partial charge in [-0.25, -0.2) is 4.98 Å². The SMILES string of the molecule is CCCOc1cccc2c1nc(N)n2C(C)CSC. The summed E-state index contributed by atoms with van der Waals surface area (Å²) in [5.41, 5.74) is 7.98. The lowest BCUT2D eigenvalue weighted by Crippen LogP contribution is -2.10. The van der Waals surface area contributed by atoms with Crippen molar-refractivity contribution < 1.29 is 4.74 Å².